The number of morpholine rings is 1. The first-order chi connectivity index (χ1) is 16.3. The first-order valence-corrected chi connectivity index (χ1v) is 11.9. The van der Waals surface area contributed by atoms with Crippen molar-refractivity contribution in [1.29, 1.82) is 0 Å². The molecule has 3 aromatic rings. The molecule has 1 amide bonds. The van der Waals surface area contributed by atoms with E-state index in [0.717, 1.165) is 24.2 Å². The van der Waals surface area contributed by atoms with Crippen LogP contribution in [-0.4, -0.2) is 73.6 Å². The number of fused-ring (bicyclic) bond motifs is 1. The van der Waals surface area contributed by atoms with Crippen LogP contribution < -0.4 is 4.90 Å². The van der Waals surface area contributed by atoms with E-state index in [0.29, 0.717) is 53.7 Å². The highest BCUT2D eigenvalue weighted by Gasteiger charge is 2.29. The summed E-state index contributed by atoms with van der Waals surface area (Å²) in [5.41, 5.74) is 1.75. The molecular weight excluding hydrogens is 458 g/mol. The van der Waals surface area contributed by atoms with Crippen molar-refractivity contribution in [3.63, 3.8) is 0 Å². The smallest absolute Gasteiger partial charge is 0.407 e. The van der Waals surface area contributed by atoms with Gasteiger partial charge in [-0.2, -0.15) is 0 Å². The standard InChI is InChI=1S/C24H28ClN5O4/c1-14-3-4-15(2)30(14)20-8-5-16(11-26-20)23-27-21-18(25)6-7-19(31)22(21)29(23)13-17-12-28(24(32)33)9-10-34-17/h5-8,11,14-15,17,31H,3-4,9-10,12-13H2,1-2H3,(H,32,33)/t14-,15-,17-/m0/s1. The van der Waals surface area contributed by atoms with Crippen LogP contribution in [-0.2, 0) is 11.3 Å². The Kier molecular flexibility index (Phi) is 5.99. The molecule has 2 aromatic heterocycles. The number of carbonyl (C=O) groups is 1. The van der Waals surface area contributed by atoms with E-state index in [4.69, 9.17) is 26.3 Å². The van der Waals surface area contributed by atoms with Crippen molar-refractivity contribution in [3.8, 4) is 17.1 Å². The summed E-state index contributed by atoms with van der Waals surface area (Å²) >= 11 is 6.43. The second kappa shape index (κ2) is 8.96. The zero-order valence-electron chi connectivity index (χ0n) is 19.2. The molecule has 5 rings (SSSR count). The van der Waals surface area contributed by atoms with Crippen molar-refractivity contribution in [1.82, 2.24) is 19.4 Å². The summed E-state index contributed by atoms with van der Waals surface area (Å²) in [5.74, 6) is 1.57. The minimum Gasteiger partial charge on any atom is -0.506 e. The van der Waals surface area contributed by atoms with Gasteiger partial charge >= 0.3 is 6.09 Å². The Morgan fingerprint density at radius 3 is 2.65 bits per heavy atom. The van der Waals surface area contributed by atoms with Crippen molar-refractivity contribution in [2.45, 2.75) is 51.4 Å². The molecule has 180 valence electrons. The summed E-state index contributed by atoms with van der Waals surface area (Å²) in [7, 11) is 0. The van der Waals surface area contributed by atoms with E-state index in [2.05, 4.69) is 18.7 Å². The number of imidazole rings is 1. The molecule has 34 heavy (non-hydrogen) atoms. The average Bonchev–Trinajstić information content (AvgIpc) is 3.37. The molecule has 2 aliphatic heterocycles. The predicted molar refractivity (Wildman–Crippen MR) is 130 cm³/mol. The molecule has 10 heteroatoms. The van der Waals surface area contributed by atoms with Crippen LogP contribution in [0.1, 0.15) is 26.7 Å². The van der Waals surface area contributed by atoms with Gasteiger partial charge in [0.15, 0.2) is 0 Å². The maximum absolute atomic E-state index is 11.5. The summed E-state index contributed by atoms with van der Waals surface area (Å²) in [6.07, 6.45) is 2.72. The molecule has 0 aliphatic carbocycles. The third-order valence-corrected chi connectivity index (χ3v) is 7.15. The number of rotatable bonds is 4. The third kappa shape index (κ3) is 4.03. The number of ether oxygens (including phenoxy) is 1. The third-order valence-electron chi connectivity index (χ3n) is 6.84. The fourth-order valence-corrected chi connectivity index (χ4v) is 5.31. The van der Waals surface area contributed by atoms with Crippen LogP contribution in [0, 0.1) is 0 Å². The van der Waals surface area contributed by atoms with Crippen molar-refractivity contribution in [3.05, 3.63) is 35.5 Å². The van der Waals surface area contributed by atoms with Gasteiger partial charge in [0, 0.05) is 30.4 Å². The van der Waals surface area contributed by atoms with Crippen LogP contribution in [0.2, 0.25) is 5.02 Å². The summed E-state index contributed by atoms with van der Waals surface area (Å²) in [6, 6.07) is 8.01. The average molecular weight is 486 g/mol. The number of hydrogen-bond acceptors (Lipinski definition) is 6. The number of anilines is 1. The lowest BCUT2D eigenvalue weighted by Gasteiger charge is -2.31. The SMILES string of the molecule is C[C@H]1CC[C@H](C)N1c1ccc(-c2nc3c(Cl)ccc(O)c3n2C[C@@H]2CN(C(=O)O)CCO2)cn1. The number of pyridine rings is 1. The van der Waals surface area contributed by atoms with Crippen LogP contribution >= 0.6 is 11.6 Å². The number of hydrogen-bond donors (Lipinski definition) is 2. The zero-order valence-corrected chi connectivity index (χ0v) is 19.9. The van der Waals surface area contributed by atoms with Crippen LogP contribution in [0.25, 0.3) is 22.4 Å². The molecule has 0 radical (unpaired) electrons. The molecule has 0 saturated carbocycles. The maximum Gasteiger partial charge on any atom is 0.407 e. The molecule has 3 atom stereocenters. The van der Waals surface area contributed by atoms with Gasteiger partial charge in [0.25, 0.3) is 0 Å². The van der Waals surface area contributed by atoms with E-state index in [1.807, 2.05) is 16.7 Å². The number of amides is 1. The topological polar surface area (TPSA) is 104 Å². The Labute approximate surface area is 202 Å². The van der Waals surface area contributed by atoms with Gasteiger partial charge in [0.2, 0.25) is 0 Å². The van der Waals surface area contributed by atoms with E-state index < -0.39 is 12.2 Å². The summed E-state index contributed by atoms with van der Waals surface area (Å²) in [5, 5.41) is 20.5. The second-order valence-corrected chi connectivity index (χ2v) is 9.53. The number of aromatic hydroxyl groups is 1. The molecule has 2 fully saturated rings. The fraction of sp³-hybridized carbons (Fsp3) is 0.458. The molecule has 1 aromatic carbocycles. The first-order valence-electron chi connectivity index (χ1n) is 11.6. The van der Waals surface area contributed by atoms with Crippen LogP contribution in [0.3, 0.4) is 0 Å². The van der Waals surface area contributed by atoms with Gasteiger partial charge in [-0.3, -0.25) is 0 Å². The Morgan fingerprint density at radius 1 is 1.21 bits per heavy atom. The Hall–Kier alpha value is -3.04. The number of carboxylic acid groups (broad SMARTS) is 1. The van der Waals surface area contributed by atoms with E-state index in [1.165, 1.54) is 11.0 Å². The van der Waals surface area contributed by atoms with E-state index in [-0.39, 0.29) is 12.3 Å². The highest BCUT2D eigenvalue weighted by Crippen LogP contribution is 2.36. The minimum atomic E-state index is -0.972. The van der Waals surface area contributed by atoms with E-state index in [1.54, 1.807) is 12.3 Å². The van der Waals surface area contributed by atoms with Crippen molar-refractivity contribution < 1.29 is 19.7 Å². The molecular formula is C24H28ClN5O4. The number of halogens is 1. The maximum atomic E-state index is 11.5. The molecule has 9 nitrogen and oxygen atoms in total. The van der Waals surface area contributed by atoms with Gasteiger partial charge in [-0.25, -0.2) is 14.8 Å². The van der Waals surface area contributed by atoms with Crippen LogP contribution in [0.15, 0.2) is 30.5 Å². The lowest BCUT2D eigenvalue weighted by Crippen LogP contribution is -2.46. The minimum absolute atomic E-state index is 0.0494. The second-order valence-electron chi connectivity index (χ2n) is 9.12. The van der Waals surface area contributed by atoms with Gasteiger partial charge in [0.05, 0.1) is 30.8 Å². The number of phenolic OH excluding ortho intramolecular Hbond substituents is 1. The molecule has 0 spiro atoms. The van der Waals surface area contributed by atoms with Gasteiger partial charge in [0.1, 0.15) is 28.4 Å². The quantitative estimate of drug-likeness (QED) is 0.570. The van der Waals surface area contributed by atoms with Crippen LogP contribution in [0.4, 0.5) is 10.6 Å². The highest BCUT2D eigenvalue weighted by atomic mass is 35.5. The Balaban J connectivity index is 1.54. The normalized spacial score (nSPS) is 23.1. The summed E-state index contributed by atoms with van der Waals surface area (Å²) < 4.78 is 7.71. The fourth-order valence-electron chi connectivity index (χ4n) is 5.11. The van der Waals surface area contributed by atoms with E-state index >= 15 is 0 Å². The molecule has 2 aliphatic rings. The Bertz CT molecular complexity index is 1200. The largest absolute Gasteiger partial charge is 0.506 e. The van der Waals surface area contributed by atoms with E-state index in [9.17, 15) is 15.0 Å². The monoisotopic (exact) mass is 485 g/mol. The summed E-state index contributed by atoms with van der Waals surface area (Å²) in [6.45, 7) is 5.62. The van der Waals surface area contributed by atoms with Crippen LogP contribution in [0.5, 0.6) is 5.75 Å². The number of benzene rings is 1. The molecule has 4 heterocycles. The zero-order chi connectivity index (χ0) is 24.0. The lowest BCUT2D eigenvalue weighted by molar-refractivity contribution is -0.0286. The van der Waals surface area contributed by atoms with Gasteiger partial charge in [-0.15, -0.1) is 0 Å². The highest BCUT2D eigenvalue weighted by molar-refractivity contribution is 6.35. The number of phenols is 1. The number of aromatic nitrogens is 3. The predicted octanol–water partition coefficient (Wildman–Crippen LogP) is 4.21. The molecule has 0 unspecified atom stereocenters. The van der Waals surface area contributed by atoms with Gasteiger partial charge < -0.3 is 29.3 Å². The first kappa shape index (κ1) is 22.7. The van der Waals surface area contributed by atoms with Gasteiger partial charge in [-0.1, -0.05) is 11.6 Å². The lowest BCUT2D eigenvalue weighted by atomic mass is 10.2. The summed E-state index contributed by atoms with van der Waals surface area (Å²) in [4.78, 5) is 24.6. The molecule has 2 saturated heterocycles. The molecule has 0 bridgehead atoms. The van der Waals surface area contributed by atoms with Gasteiger partial charge in [-0.05, 0) is 51.0 Å². The molecule has 2 N–H and O–H groups in total. The number of nitrogens with zero attached hydrogens (tertiary/aromatic N) is 5. The van der Waals surface area contributed by atoms with Crippen molar-refractivity contribution in [2.24, 2.45) is 0 Å². The van der Waals surface area contributed by atoms with Crippen molar-refractivity contribution >= 4 is 34.5 Å². The Morgan fingerprint density at radius 2 is 1.97 bits per heavy atom. The van der Waals surface area contributed by atoms with Crippen molar-refractivity contribution in [2.75, 3.05) is 24.6 Å².